The number of nitrogens with zero attached hydrogens (tertiary/aromatic N) is 1. The number of hydrogen-bond acceptors (Lipinski definition) is 9. The molecule has 4 aliphatic carbocycles. The van der Waals surface area contributed by atoms with Crippen molar-refractivity contribution in [3.8, 4) is 0 Å². The number of non-ortho nitro benzene ring substituents is 1. The zero-order valence-electron chi connectivity index (χ0n) is 24.3. The Bertz CT molecular complexity index is 1400. The summed E-state index contributed by atoms with van der Waals surface area (Å²) in [6, 6.07) is 5.84. The first-order valence-electron chi connectivity index (χ1n) is 14.7. The molecular formula is C32H37NO9. The number of hydrogen-bond donors (Lipinski definition) is 1. The minimum atomic E-state index is -1.50. The Kier molecular flexibility index (Phi) is 6.83. The lowest BCUT2D eigenvalue weighted by Gasteiger charge is -2.59. The van der Waals surface area contributed by atoms with Crippen LogP contribution in [0.25, 0.3) is 0 Å². The van der Waals surface area contributed by atoms with Gasteiger partial charge >= 0.3 is 5.97 Å². The van der Waals surface area contributed by atoms with Gasteiger partial charge in [0.2, 0.25) is 5.78 Å². The van der Waals surface area contributed by atoms with Crippen LogP contribution < -0.4 is 0 Å². The Morgan fingerprint density at radius 3 is 2.60 bits per heavy atom. The average Bonchev–Trinajstić information content (AvgIpc) is 3.44. The molecule has 224 valence electrons. The number of nitro groups is 1. The van der Waals surface area contributed by atoms with Gasteiger partial charge in [0.05, 0.1) is 23.0 Å². The van der Waals surface area contributed by atoms with Gasteiger partial charge in [-0.1, -0.05) is 39.3 Å². The molecule has 1 heterocycles. The summed E-state index contributed by atoms with van der Waals surface area (Å²) in [4.78, 5) is 49.5. The van der Waals surface area contributed by atoms with E-state index in [-0.39, 0.29) is 35.6 Å². The highest BCUT2D eigenvalue weighted by atomic mass is 16.7. The maximum atomic E-state index is 14.2. The van der Waals surface area contributed by atoms with Crippen LogP contribution in [0.5, 0.6) is 0 Å². The van der Waals surface area contributed by atoms with Crippen LogP contribution in [0.2, 0.25) is 0 Å². The monoisotopic (exact) mass is 579 g/mol. The fraction of sp³-hybridized carbons (Fsp3) is 0.594. The van der Waals surface area contributed by atoms with Crippen LogP contribution in [-0.4, -0.2) is 52.0 Å². The summed E-state index contributed by atoms with van der Waals surface area (Å²) >= 11 is 0. The Morgan fingerprint density at radius 1 is 1.21 bits per heavy atom. The van der Waals surface area contributed by atoms with E-state index in [9.17, 15) is 29.6 Å². The minimum Gasteiger partial charge on any atom is -0.457 e. The SMILES string of the molecule is CC(C)C(=O)OCC(=O)[C@@]12OC(c3ccc([N+](=O)[O-])cc3)O[C@@H]1C[C@H]1[C@@H]3CCC4=CC(=O)C=C[C@]4(C)[C@H]3[C@@H](O)C[C@@]12C. The van der Waals surface area contributed by atoms with Gasteiger partial charge in [-0.3, -0.25) is 24.5 Å². The first kappa shape index (κ1) is 28.9. The topological polar surface area (TPSA) is 142 Å². The first-order valence-corrected chi connectivity index (χ1v) is 14.7. The molecule has 9 atom stereocenters. The molecule has 3 saturated carbocycles. The molecule has 1 aliphatic heterocycles. The van der Waals surface area contributed by atoms with E-state index < -0.39 is 64.1 Å². The molecule has 10 heteroatoms. The van der Waals surface area contributed by atoms with Crippen molar-refractivity contribution in [3.05, 3.63) is 63.7 Å². The molecule has 5 aliphatic rings. The van der Waals surface area contributed by atoms with E-state index in [1.54, 1.807) is 38.1 Å². The molecule has 0 spiro atoms. The number of nitro benzene ring substituents is 1. The van der Waals surface area contributed by atoms with Gasteiger partial charge in [0.1, 0.15) is 0 Å². The highest BCUT2D eigenvalue weighted by Gasteiger charge is 2.76. The molecule has 1 aromatic carbocycles. The predicted molar refractivity (Wildman–Crippen MR) is 149 cm³/mol. The lowest BCUT2D eigenvalue weighted by atomic mass is 9.46. The van der Waals surface area contributed by atoms with Crippen molar-refractivity contribution in [2.75, 3.05) is 6.61 Å². The third kappa shape index (κ3) is 4.06. The minimum absolute atomic E-state index is 0.0361. The molecular weight excluding hydrogens is 542 g/mol. The molecule has 1 N–H and O–H groups in total. The predicted octanol–water partition coefficient (Wildman–Crippen LogP) is 4.40. The van der Waals surface area contributed by atoms with Crippen LogP contribution >= 0.6 is 0 Å². The van der Waals surface area contributed by atoms with Gasteiger partial charge in [-0.15, -0.1) is 0 Å². The Hall–Kier alpha value is -3.21. The van der Waals surface area contributed by atoms with E-state index in [1.165, 1.54) is 12.1 Å². The van der Waals surface area contributed by atoms with Crippen LogP contribution in [0.1, 0.15) is 65.2 Å². The molecule has 1 aromatic rings. The number of aliphatic hydroxyl groups excluding tert-OH is 1. The summed E-state index contributed by atoms with van der Waals surface area (Å²) in [7, 11) is 0. The molecule has 42 heavy (non-hydrogen) atoms. The van der Waals surface area contributed by atoms with Crippen LogP contribution in [0, 0.1) is 44.6 Å². The van der Waals surface area contributed by atoms with Crippen molar-refractivity contribution in [1.29, 1.82) is 0 Å². The lowest BCUT2D eigenvalue weighted by molar-refractivity contribution is -0.384. The number of aliphatic hydroxyl groups is 1. The molecule has 6 rings (SSSR count). The number of carbonyl (C=O) groups is 3. The van der Waals surface area contributed by atoms with E-state index in [0.29, 0.717) is 12.0 Å². The Balaban J connectivity index is 1.37. The second kappa shape index (κ2) is 9.92. The van der Waals surface area contributed by atoms with E-state index >= 15 is 0 Å². The molecule has 0 radical (unpaired) electrons. The number of rotatable bonds is 6. The molecule has 4 fully saturated rings. The van der Waals surface area contributed by atoms with Crippen molar-refractivity contribution in [2.24, 2.45) is 34.5 Å². The standard InChI is InChI=1S/C32H37NO9/c1-17(2)28(37)40-16-25(36)32-26(41-29(42-32)18-5-8-20(9-6-18)33(38)39)14-23-22-10-7-19-13-21(34)11-12-30(19,3)27(22)24(35)15-31(23,32)4/h5-6,8-9,11-13,17,22-24,26-27,29,35H,7,10,14-16H2,1-4H3/t22-,23-,24-,26+,27+,29?,30-,31-,32+/m0/s1. The molecule has 1 saturated heterocycles. The number of fused-ring (bicyclic) bond motifs is 7. The summed E-state index contributed by atoms with van der Waals surface area (Å²) in [6.45, 7) is 6.97. The fourth-order valence-corrected chi connectivity index (χ4v) is 8.88. The van der Waals surface area contributed by atoms with Crippen molar-refractivity contribution in [1.82, 2.24) is 0 Å². The number of ketones is 2. The zero-order chi connectivity index (χ0) is 30.2. The lowest BCUT2D eigenvalue weighted by Crippen LogP contribution is -2.63. The second-order valence-corrected chi connectivity index (χ2v) is 13.3. The molecule has 1 unspecified atom stereocenters. The quantitative estimate of drug-likeness (QED) is 0.295. The molecule has 10 nitrogen and oxygen atoms in total. The van der Waals surface area contributed by atoms with E-state index in [1.807, 2.05) is 13.0 Å². The first-order chi connectivity index (χ1) is 19.8. The van der Waals surface area contributed by atoms with Crippen molar-refractivity contribution in [3.63, 3.8) is 0 Å². The highest BCUT2D eigenvalue weighted by Crippen LogP contribution is 2.70. The number of ether oxygens (including phenoxy) is 3. The van der Waals surface area contributed by atoms with Gasteiger partial charge in [-0.05, 0) is 61.8 Å². The van der Waals surface area contributed by atoms with E-state index in [2.05, 4.69) is 6.92 Å². The van der Waals surface area contributed by atoms with Gasteiger partial charge in [-0.25, -0.2) is 0 Å². The average molecular weight is 580 g/mol. The third-order valence-electron chi connectivity index (χ3n) is 10.8. The highest BCUT2D eigenvalue weighted by molar-refractivity contribution is 6.01. The summed E-state index contributed by atoms with van der Waals surface area (Å²) in [5.74, 6) is -1.50. The van der Waals surface area contributed by atoms with Crippen LogP contribution in [0.15, 0.2) is 48.1 Å². The second-order valence-electron chi connectivity index (χ2n) is 13.3. The van der Waals surface area contributed by atoms with Gasteiger partial charge in [0.25, 0.3) is 5.69 Å². The normalized spacial score (nSPS) is 40.0. The molecule has 0 aromatic heterocycles. The number of carbonyl (C=O) groups excluding carboxylic acids is 3. The number of Topliss-reactive ketones (excluding diaryl/α,β-unsaturated/α-hetero) is 1. The van der Waals surface area contributed by atoms with Gasteiger partial charge in [0, 0.05) is 34.4 Å². The van der Waals surface area contributed by atoms with E-state index in [0.717, 1.165) is 18.4 Å². The number of benzene rings is 1. The van der Waals surface area contributed by atoms with Crippen LogP contribution in [0.3, 0.4) is 0 Å². The van der Waals surface area contributed by atoms with Crippen molar-refractivity contribution < 1.29 is 38.6 Å². The van der Waals surface area contributed by atoms with Crippen molar-refractivity contribution in [2.45, 2.75) is 77.5 Å². The van der Waals surface area contributed by atoms with Crippen LogP contribution in [0.4, 0.5) is 5.69 Å². The Labute approximate surface area is 244 Å². The molecule has 0 amide bonds. The fourth-order valence-electron chi connectivity index (χ4n) is 8.88. The largest absolute Gasteiger partial charge is 0.457 e. The number of esters is 1. The maximum absolute atomic E-state index is 14.2. The number of allylic oxidation sites excluding steroid dienone is 4. The third-order valence-corrected chi connectivity index (χ3v) is 10.8. The zero-order valence-corrected chi connectivity index (χ0v) is 24.3. The van der Waals surface area contributed by atoms with Crippen molar-refractivity contribution >= 4 is 23.2 Å². The summed E-state index contributed by atoms with van der Waals surface area (Å²) in [5.41, 5.74) is -1.32. The van der Waals surface area contributed by atoms with Gasteiger partial charge in [-0.2, -0.15) is 0 Å². The van der Waals surface area contributed by atoms with Gasteiger partial charge in [0.15, 0.2) is 24.3 Å². The van der Waals surface area contributed by atoms with Gasteiger partial charge < -0.3 is 19.3 Å². The smallest absolute Gasteiger partial charge is 0.308 e. The summed E-state index contributed by atoms with van der Waals surface area (Å²) in [5, 5.41) is 23.0. The molecule has 0 bridgehead atoms. The summed E-state index contributed by atoms with van der Waals surface area (Å²) in [6.07, 6.45) is 5.07. The Morgan fingerprint density at radius 2 is 1.93 bits per heavy atom. The maximum Gasteiger partial charge on any atom is 0.308 e. The van der Waals surface area contributed by atoms with E-state index in [4.69, 9.17) is 14.2 Å². The van der Waals surface area contributed by atoms with Crippen LogP contribution in [-0.2, 0) is 28.6 Å². The summed E-state index contributed by atoms with van der Waals surface area (Å²) < 4.78 is 18.5.